The molecule has 3 aromatic rings. The zero-order valence-electron chi connectivity index (χ0n) is 24.3. The van der Waals surface area contributed by atoms with E-state index in [1.165, 1.54) is 23.2 Å². The van der Waals surface area contributed by atoms with E-state index in [1.807, 2.05) is 6.92 Å². The Hall–Kier alpha value is -3.95. The molecule has 0 aliphatic carbocycles. The van der Waals surface area contributed by atoms with Crippen LogP contribution in [0, 0.1) is 0 Å². The average Bonchev–Trinajstić information content (AvgIpc) is 3.41. The van der Waals surface area contributed by atoms with Gasteiger partial charge in [-0.2, -0.15) is 13.2 Å². The lowest BCUT2D eigenvalue weighted by molar-refractivity contribution is -0.228. The summed E-state index contributed by atoms with van der Waals surface area (Å²) in [6.45, 7) is 5.83. The molecule has 3 aromatic heterocycles. The monoisotopic (exact) mass is 650 g/mol. The van der Waals surface area contributed by atoms with E-state index < -0.39 is 35.7 Å². The third kappa shape index (κ3) is 6.16. The lowest BCUT2D eigenvalue weighted by Crippen LogP contribution is -2.68. The molecule has 0 unspecified atom stereocenters. The number of morpholine rings is 1. The Morgan fingerprint density at radius 1 is 1.18 bits per heavy atom. The third-order valence-electron chi connectivity index (χ3n) is 8.12. The minimum atomic E-state index is -4.91. The van der Waals surface area contributed by atoms with E-state index in [9.17, 15) is 23.1 Å². The second-order valence-corrected chi connectivity index (χ2v) is 11.4. The SMILES string of the molecule is CCOc1cccc(-c2cc(N3C[C@@H](Oc4ncc(Cl)cc4N4CCOC5(COC5)[C@@H]4C)C[C@H]3C(=O)O)nc(C(F)(F)F)n2)n1. The summed E-state index contributed by atoms with van der Waals surface area (Å²) in [6, 6.07) is 6.29. The summed E-state index contributed by atoms with van der Waals surface area (Å²) >= 11 is 6.33. The minimum Gasteiger partial charge on any atom is -0.480 e. The number of rotatable bonds is 8. The number of carbonyl (C=O) groups is 1. The highest BCUT2D eigenvalue weighted by Gasteiger charge is 2.50. The molecule has 0 saturated carbocycles. The minimum absolute atomic E-state index is 0.0473. The lowest BCUT2D eigenvalue weighted by Gasteiger charge is -2.53. The first-order chi connectivity index (χ1) is 21.5. The number of hydrogen-bond donors (Lipinski definition) is 1. The Kier molecular flexibility index (Phi) is 8.35. The molecule has 6 rings (SSSR count). The van der Waals surface area contributed by atoms with Gasteiger partial charge in [0.05, 0.1) is 55.4 Å². The first-order valence-electron chi connectivity index (χ1n) is 14.3. The number of carboxylic acid groups (broad SMARTS) is 1. The van der Waals surface area contributed by atoms with E-state index in [-0.39, 0.29) is 48.0 Å². The molecular formula is C29H30ClF3N6O6. The van der Waals surface area contributed by atoms with Crippen LogP contribution in [-0.4, -0.2) is 94.3 Å². The fourth-order valence-corrected chi connectivity index (χ4v) is 5.92. The summed E-state index contributed by atoms with van der Waals surface area (Å²) in [6.07, 6.45) is -4.29. The Morgan fingerprint density at radius 3 is 2.67 bits per heavy atom. The van der Waals surface area contributed by atoms with Gasteiger partial charge in [0.15, 0.2) is 0 Å². The summed E-state index contributed by atoms with van der Waals surface area (Å²) in [7, 11) is 0. The molecule has 12 nitrogen and oxygen atoms in total. The molecule has 240 valence electrons. The highest BCUT2D eigenvalue weighted by Crippen LogP contribution is 2.40. The van der Waals surface area contributed by atoms with Gasteiger partial charge in [0.25, 0.3) is 0 Å². The van der Waals surface area contributed by atoms with E-state index in [0.29, 0.717) is 43.7 Å². The number of aromatic nitrogens is 4. The quantitative estimate of drug-likeness (QED) is 0.376. The Bertz CT molecular complexity index is 1580. The van der Waals surface area contributed by atoms with Gasteiger partial charge in [-0.1, -0.05) is 17.7 Å². The maximum atomic E-state index is 14.0. The molecule has 3 atom stereocenters. The van der Waals surface area contributed by atoms with Crippen LogP contribution in [0.2, 0.25) is 5.02 Å². The summed E-state index contributed by atoms with van der Waals surface area (Å²) in [5.41, 5.74) is 0.0882. The zero-order chi connectivity index (χ0) is 31.9. The van der Waals surface area contributed by atoms with Gasteiger partial charge in [0.2, 0.25) is 17.6 Å². The second kappa shape index (κ2) is 12.1. The number of ether oxygens (including phenoxy) is 4. The van der Waals surface area contributed by atoms with Crippen LogP contribution in [0.4, 0.5) is 24.7 Å². The first-order valence-corrected chi connectivity index (χ1v) is 14.7. The number of carboxylic acids is 1. The van der Waals surface area contributed by atoms with E-state index in [1.54, 1.807) is 25.1 Å². The maximum Gasteiger partial charge on any atom is 0.451 e. The normalized spacial score (nSPS) is 22.8. The van der Waals surface area contributed by atoms with Crippen molar-refractivity contribution in [1.82, 2.24) is 19.9 Å². The molecule has 3 fully saturated rings. The van der Waals surface area contributed by atoms with Crippen LogP contribution in [0.15, 0.2) is 36.5 Å². The standard InChI is InChI=1S/C29H30ClF3N6O6/c1-3-43-24-6-4-5-19(35-24)20-11-23(37-27(36-20)29(31,32)33)39-13-18(10-22(39)26(40)41)45-25-21(9-17(30)12-34-25)38-7-8-44-28(16(38)2)14-42-15-28/h4-6,9,11-12,16,18,22H,3,7-8,10,13-15H2,1-2H3,(H,40,41)/t16-,18-,22-/m0/s1. The van der Waals surface area contributed by atoms with Gasteiger partial charge in [-0.05, 0) is 26.0 Å². The molecule has 3 aliphatic rings. The van der Waals surface area contributed by atoms with E-state index in [4.69, 9.17) is 30.5 Å². The van der Waals surface area contributed by atoms with Crippen LogP contribution in [0.3, 0.4) is 0 Å². The summed E-state index contributed by atoms with van der Waals surface area (Å²) in [5, 5.41) is 10.5. The van der Waals surface area contributed by atoms with Gasteiger partial charge in [-0.25, -0.2) is 24.7 Å². The zero-order valence-corrected chi connectivity index (χ0v) is 25.1. The maximum absolute atomic E-state index is 14.0. The van der Waals surface area contributed by atoms with Crippen molar-refractivity contribution in [2.75, 3.05) is 49.3 Å². The van der Waals surface area contributed by atoms with Crippen LogP contribution in [0.1, 0.15) is 26.1 Å². The van der Waals surface area contributed by atoms with Gasteiger partial charge in [0, 0.05) is 31.3 Å². The average molecular weight is 651 g/mol. The van der Waals surface area contributed by atoms with Crippen LogP contribution in [0.5, 0.6) is 11.8 Å². The lowest BCUT2D eigenvalue weighted by atomic mass is 9.90. The fourth-order valence-electron chi connectivity index (χ4n) is 5.77. The van der Waals surface area contributed by atoms with Crippen molar-refractivity contribution in [3.63, 3.8) is 0 Å². The molecular weight excluding hydrogens is 621 g/mol. The van der Waals surface area contributed by atoms with Crippen molar-refractivity contribution in [2.24, 2.45) is 0 Å². The molecule has 45 heavy (non-hydrogen) atoms. The molecule has 1 N–H and O–H groups in total. The van der Waals surface area contributed by atoms with E-state index in [0.717, 1.165) is 0 Å². The highest BCUT2D eigenvalue weighted by atomic mass is 35.5. The van der Waals surface area contributed by atoms with Crippen molar-refractivity contribution in [3.8, 4) is 23.1 Å². The topological polar surface area (TPSA) is 132 Å². The number of anilines is 2. The van der Waals surface area contributed by atoms with Crippen molar-refractivity contribution < 1.29 is 42.0 Å². The van der Waals surface area contributed by atoms with Crippen LogP contribution in [-0.2, 0) is 20.4 Å². The molecule has 6 heterocycles. The number of nitrogens with zero attached hydrogens (tertiary/aromatic N) is 6. The van der Waals surface area contributed by atoms with Gasteiger partial charge in [-0.3, -0.25) is 0 Å². The van der Waals surface area contributed by atoms with Gasteiger partial charge in [-0.15, -0.1) is 0 Å². The first kappa shape index (κ1) is 31.0. The molecule has 0 amide bonds. The number of hydrogen-bond acceptors (Lipinski definition) is 11. The Morgan fingerprint density at radius 2 is 1.98 bits per heavy atom. The largest absolute Gasteiger partial charge is 0.480 e. The summed E-state index contributed by atoms with van der Waals surface area (Å²) < 4.78 is 65.0. The molecule has 1 spiro atoms. The second-order valence-electron chi connectivity index (χ2n) is 11.0. The number of pyridine rings is 2. The van der Waals surface area contributed by atoms with Crippen molar-refractivity contribution in [1.29, 1.82) is 0 Å². The molecule has 16 heteroatoms. The van der Waals surface area contributed by atoms with E-state index in [2.05, 4.69) is 24.8 Å². The molecule has 0 aromatic carbocycles. The Balaban J connectivity index is 1.31. The molecule has 3 saturated heterocycles. The number of aliphatic carboxylic acids is 1. The molecule has 0 radical (unpaired) electrons. The van der Waals surface area contributed by atoms with Crippen molar-refractivity contribution >= 4 is 29.1 Å². The van der Waals surface area contributed by atoms with Gasteiger partial charge in [0.1, 0.15) is 29.3 Å². The van der Waals surface area contributed by atoms with E-state index >= 15 is 0 Å². The predicted octanol–water partition coefficient (Wildman–Crippen LogP) is 4.11. The summed E-state index contributed by atoms with van der Waals surface area (Å²) in [5.74, 6) is -2.48. The third-order valence-corrected chi connectivity index (χ3v) is 8.32. The Labute approximate surface area is 261 Å². The van der Waals surface area contributed by atoms with Crippen LogP contribution < -0.4 is 19.3 Å². The molecule has 3 aliphatic heterocycles. The predicted molar refractivity (Wildman–Crippen MR) is 155 cm³/mol. The summed E-state index contributed by atoms with van der Waals surface area (Å²) in [4.78, 5) is 31.8. The van der Waals surface area contributed by atoms with Gasteiger partial charge >= 0.3 is 12.1 Å². The smallest absolute Gasteiger partial charge is 0.451 e. The van der Waals surface area contributed by atoms with Crippen LogP contribution in [0.25, 0.3) is 11.4 Å². The van der Waals surface area contributed by atoms with Crippen LogP contribution >= 0.6 is 11.6 Å². The van der Waals surface area contributed by atoms with Gasteiger partial charge < -0.3 is 33.9 Å². The number of alkyl halides is 3. The number of halogens is 4. The fraction of sp³-hybridized carbons (Fsp3) is 0.483. The van der Waals surface area contributed by atoms with Crippen molar-refractivity contribution in [3.05, 3.63) is 47.4 Å². The molecule has 0 bridgehead atoms. The van der Waals surface area contributed by atoms with Crippen molar-refractivity contribution in [2.45, 2.75) is 50.2 Å². The highest BCUT2D eigenvalue weighted by molar-refractivity contribution is 6.30.